The summed E-state index contributed by atoms with van der Waals surface area (Å²) in [6.45, 7) is 2.07. The fraction of sp³-hybridized carbons (Fsp3) is 0.360. The molecular formula is C25H26N4O5S2. The first-order valence-electron chi connectivity index (χ1n) is 11.7. The molecule has 5 rings (SSSR count). The van der Waals surface area contributed by atoms with Crippen molar-refractivity contribution in [2.45, 2.75) is 37.8 Å². The molecule has 1 N–H and O–H groups in total. The van der Waals surface area contributed by atoms with Crippen LogP contribution in [0.2, 0.25) is 0 Å². The maximum absolute atomic E-state index is 12.8. The third kappa shape index (κ3) is 4.60. The molecule has 0 unspecified atom stereocenters. The van der Waals surface area contributed by atoms with Crippen LogP contribution in [0.25, 0.3) is 22.6 Å². The Labute approximate surface area is 216 Å². The van der Waals surface area contributed by atoms with Gasteiger partial charge in [-0.2, -0.15) is 0 Å². The number of amides is 1. The zero-order valence-electron chi connectivity index (χ0n) is 20.3. The molecule has 0 radical (unpaired) electrons. The molecule has 1 aromatic carbocycles. The number of aromatic nitrogens is 3. The molecular weight excluding hydrogens is 500 g/mol. The lowest BCUT2D eigenvalue weighted by Crippen LogP contribution is -2.17. The molecule has 36 heavy (non-hydrogen) atoms. The molecule has 3 aromatic heterocycles. The van der Waals surface area contributed by atoms with Crippen molar-refractivity contribution in [2.75, 3.05) is 24.8 Å². The number of carbonyl (C=O) groups is 2. The molecule has 0 bridgehead atoms. The third-order valence-corrected chi connectivity index (χ3v) is 8.25. The van der Waals surface area contributed by atoms with E-state index in [0.717, 1.165) is 41.5 Å². The van der Waals surface area contributed by atoms with Crippen molar-refractivity contribution < 1.29 is 23.5 Å². The zero-order valence-corrected chi connectivity index (χ0v) is 21.9. The van der Waals surface area contributed by atoms with E-state index in [1.54, 1.807) is 18.6 Å². The average Bonchev–Trinajstić information content (AvgIpc) is 3.56. The molecule has 11 heteroatoms. The minimum Gasteiger partial charge on any atom is -0.493 e. The number of nitrogens with one attached hydrogen (secondary N) is 1. The van der Waals surface area contributed by atoms with E-state index >= 15 is 0 Å². The standard InChI is InChI=1S/C25H26N4O5S2/c1-4-33-24(31)20-15-9-5-6-11-18(15)36-23(20)26-19(30)13-35-25-28-27-22(29(25)2)17-12-14-8-7-10-16(32-3)21(14)34-17/h7-8,10,12H,4-6,9,11,13H2,1-3H3,(H,26,30). The van der Waals surface area contributed by atoms with Crippen LogP contribution in [-0.2, 0) is 29.4 Å². The summed E-state index contributed by atoms with van der Waals surface area (Å²) in [6.07, 6.45) is 3.88. The van der Waals surface area contributed by atoms with Crippen molar-refractivity contribution in [3.8, 4) is 17.3 Å². The number of methoxy groups -OCH3 is 1. The largest absolute Gasteiger partial charge is 0.493 e. The second-order valence-electron chi connectivity index (χ2n) is 8.33. The summed E-state index contributed by atoms with van der Waals surface area (Å²) < 4.78 is 18.4. The summed E-state index contributed by atoms with van der Waals surface area (Å²) in [5, 5.41) is 13.5. The van der Waals surface area contributed by atoms with Crippen LogP contribution in [-0.4, -0.2) is 46.1 Å². The van der Waals surface area contributed by atoms with Crippen LogP contribution < -0.4 is 10.1 Å². The van der Waals surface area contributed by atoms with Gasteiger partial charge in [-0.25, -0.2) is 4.79 Å². The Morgan fingerprint density at radius 3 is 2.89 bits per heavy atom. The van der Waals surface area contributed by atoms with Gasteiger partial charge in [0.1, 0.15) is 5.00 Å². The molecule has 0 fully saturated rings. The van der Waals surface area contributed by atoms with Crippen molar-refractivity contribution in [2.24, 2.45) is 7.05 Å². The number of hydrogen-bond acceptors (Lipinski definition) is 9. The Morgan fingerprint density at radius 1 is 1.25 bits per heavy atom. The van der Waals surface area contributed by atoms with Crippen molar-refractivity contribution in [3.63, 3.8) is 0 Å². The molecule has 9 nitrogen and oxygen atoms in total. The number of esters is 1. The van der Waals surface area contributed by atoms with Gasteiger partial charge in [-0.3, -0.25) is 4.79 Å². The SMILES string of the molecule is CCOC(=O)c1c(NC(=O)CSc2nnc(-c3cc4cccc(OC)c4o3)n2C)sc2c1CCCC2. The van der Waals surface area contributed by atoms with Crippen molar-refractivity contribution in [3.05, 3.63) is 40.3 Å². The average molecular weight is 527 g/mol. The van der Waals surface area contributed by atoms with Gasteiger partial charge < -0.3 is 23.8 Å². The molecule has 1 aliphatic rings. The first-order valence-corrected chi connectivity index (χ1v) is 13.5. The fourth-order valence-electron chi connectivity index (χ4n) is 4.33. The normalized spacial score (nSPS) is 13.0. The molecule has 0 aliphatic heterocycles. The van der Waals surface area contributed by atoms with Crippen LogP contribution in [0, 0.1) is 0 Å². The zero-order chi connectivity index (χ0) is 25.2. The first kappa shape index (κ1) is 24.4. The van der Waals surface area contributed by atoms with Gasteiger partial charge in [0.25, 0.3) is 0 Å². The number of nitrogens with zero attached hydrogens (tertiary/aromatic N) is 3. The Kier molecular flexibility index (Phi) is 7.01. The predicted molar refractivity (Wildman–Crippen MR) is 139 cm³/mol. The Balaban J connectivity index is 1.30. The Morgan fingerprint density at radius 2 is 2.08 bits per heavy atom. The van der Waals surface area contributed by atoms with Gasteiger partial charge in [-0.05, 0) is 50.3 Å². The highest BCUT2D eigenvalue weighted by Gasteiger charge is 2.27. The summed E-state index contributed by atoms with van der Waals surface area (Å²) in [6, 6.07) is 7.56. The summed E-state index contributed by atoms with van der Waals surface area (Å²) in [4.78, 5) is 26.6. The van der Waals surface area contributed by atoms with E-state index in [9.17, 15) is 9.59 Å². The topological polar surface area (TPSA) is 108 Å². The summed E-state index contributed by atoms with van der Waals surface area (Å²) in [5.74, 6) is 1.27. The molecule has 0 spiro atoms. The number of aryl methyl sites for hydroxylation is 1. The summed E-state index contributed by atoms with van der Waals surface area (Å²) in [5.41, 5.74) is 2.17. The lowest BCUT2D eigenvalue weighted by molar-refractivity contribution is -0.113. The van der Waals surface area contributed by atoms with E-state index in [-0.39, 0.29) is 17.6 Å². The maximum atomic E-state index is 12.8. The first-order chi connectivity index (χ1) is 17.5. The van der Waals surface area contributed by atoms with Crippen LogP contribution in [0.15, 0.2) is 33.8 Å². The van der Waals surface area contributed by atoms with Crippen LogP contribution in [0.5, 0.6) is 5.75 Å². The number of rotatable bonds is 8. The number of ether oxygens (including phenoxy) is 2. The van der Waals surface area contributed by atoms with Gasteiger partial charge in [0, 0.05) is 17.3 Å². The molecule has 1 aliphatic carbocycles. The van der Waals surface area contributed by atoms with Gasteiger partial charge in [-0.15, -0.1) is 21.5 Å². The Hall–Kier alpha value is -3.31. The van der Waals surface area contributed by atoms with Gasteiger partial charge in [-0.1, -0.05) is 23.9 Å². The van der Waals surface area contributed by atoms with E-state index in [1.165, 1.54) is 23.1 Å². The van der Waals surface area contributed by atoms with Crippen molar-refractivity contribution >= 4 is 50.9 Å². The van der Waals surface area contributed by atoms with E-state index in [4.69, 9.17) is 13.9 Å². The molecule has 0 saturated carbocycles. The van der Waals surface area contributed by atoms with Gasteiger partial charge in [0.05, 0.1) is 25.0 Å². The lowest BCUT2D eigenvalue weighted by Gasteiger charge is -2.12. The third-order valence-electron chi connectivity index (χ3n) is 6.02. The number of furan rings is 1. The second kappa shape index (κ2) is 10.4. The van der Waals surface area contributed by atoms with Gasteiger partial charge in [0.15, 0.2) is 28.1 Å². The fourth-order valence-corrected chi connectivity index (χ4v) is 6.33. The lowest BCUT2D eigenvalue weighted by atomic mass is 9.95. The summed E-state index contributed by atoms with van der Waals surface area (Å²) >= 11 is 2.74. The number of fused-ring (bicyclic) bond motifs is 2. The maximum Gasteiger partial charge on any atom is 0.341 e. The molecule has 1 amide bonds. The number of thioether (sulfide) groups is 1. The minimum atomic E-state index is -0.375. The number of thiophene rings is 1. The molecule has 3 heterocycles. The Bertz CT molecular complexity index is 1440. The van der Waals surface area contributed by atoms with E-state index < -0.39 is 0 Å². The van der Waals surface area contributed by atoms with Crippen LogP contribution in [0.4, 0.5) is 5.00 Å². The van der Waals surface area contributed by atoms with Gasteiger partial charge in [0.2, 0.25) is 5.91 Å². The number of anilines is 1. The molecule has 188 valence electrons. The number of carbonyl (C=O) groups excluding carboxylic acids is 2. The monoisotopic (exact) mass is 526 g/mol. The highest BCUT2D eigenvalue weighted by Crippen LogP contribution is 2.39. The summed E-state index contributed by atoms with van der Waals surface area (Å²) in [7, 11) is 3.42. The minimum absolute atomic E-state index is 0.116. The van der Waals surface area contributed by atoms with E-state index in [2.05, 4.69) is 15.5 Å². The second-order valence-corrected chi connectivity index (χ2v) is 10.4. The smallest absolute Gasteiger partial charge is 0.341 e. The predicted octanol–water partition coefficient (Wildman–Crippen LogP) is 5.08. The molecule has 0 saturated heterocycles. The molecule has 4 aromatic rings. The number of benzene rings is 1. The molecule has 0 atom stereocenters. The quantitative estimate of drug-likeness (QED) is 0.250. The van der Waals surface area contributed by atoms with E-state index in [0.29, 0.717) is 45.2 Å². The number of para-hydroxylation sites is 1. The van der Waals surface area contributed by atoms with Crippen LogP contribution >= 0.6 is 23.1 Å². The van der Waals surface area contributed by atoms with Crippen LogP contribution in [0.3, 0.4) is 0 Å². The van der Waals surface area contributed by atoms with Crippen LogP contribution in [0.1, 0.15) is 40.6 Å². The highest BCUT2D eigenvalue weighted by atomic mass is 32.2. The number of hydrogen-bond donors (Lipinski definition) is 1. The van der Waals surface area contributed by atoms with Gasteiger partial charge >= 0.3 is 5.97 Å². The van der Waals surface area contributed by atoms with E-state index in [1.807, 2.05) is 31.3 Å². The van der Waals surface area contributed by atoms with Crippen molar-refractivity contribution in [1.29, 1.82) is 0 Å². The highest BCUT2D eigenvalue weighted by molar-refractivity contribution is 7.99. The van der Waals surface area contributed by atoms with Crippen molar-refractivity contribution in [1.82, 2.24) is 14.8 Å².